The minimum absolute atomic E-state index is 0.583. The van der Waals surface area contributed by atoms with Crippen molar-refractivity contribution >= 4 is 10.9 Å². The van der Waals surface area contributed by atoms with E-state index in [1.54, 1.807) is 0 Å². The summed E-state index contributed by atoms with van der Waals surface area (Å²) in [6.45, 7) is 1.85. The van der Waals surface area contributed by atoms with Crippen LogP contribution < -0.4 is 0 Å². The topological polar surface area (TPSA) is 28.4 Å². The summed E-state index contributed by atoms with van der Waals surface area (Å²) in [7, 11) is 4.02. The molecule has 0 aliphatic carbocycles. The Balaban J connectivity index is 2.35. The molecular formula is C19H22N2O. The summed E-state index contributed by atoms with van der Waals surface area (Å²) < 4.78 is 2.17. The van der Waals surface area contributed by atoms with E-state index in [1.807, 2.05) is 51.4 Å². The van der Waals surface area contributed by atoms with E-state index in [4.69, 9.17) is 0 Å². The van der Waals surface area contributed by atoms with Crippen LogP contribution in [-0.4, -0.2) is 34.8 Å². The molecule has 1 N–H and O–H groups in total. The van der Waals surface area contributed by atoms with Crippen molar-refractivity contribution in [3.8, 4) is 0 Å². The number of likely N-dealkylation sites (N-methyl/N-ethyl adjacent to an activating group) is 1. The van der Waals surface area contributed by atoms with E-state index in [2.05, 4.69) is 46.0 Å². The van der Waals surface area contributed by atoms with Crippen molar-refractivity contribution in [3.63, 3.8) is 0 Å². The summed E-state index contributed by atoms with van der Waals surface area (Å²) in [4.78, 5) is 2.08. The predicted octanol–water partition coefficient (Wildman–Crippen LogP) is 3.28. The Morgan fingerprint density at radius 1 is 0.955 bits per heavy atom. The number of aromatic nitrogens is 1. The Bertz CT molecular complexity index is 751. The van der Waals surface area contributed by atoms with Crippen molar-refractivity contribution in [3.05, 3.63) is 72.4 Å². The molecule has 0 bridgehead atoms. The fourth-order valence-corrected chi connectivity index (χ4v) is 3.49. The largest absolute Gasteiger partial charge is 0.389 e. The van der Waals surface area contributed by atoms with Gasteiger partial charge in [0.1, 0.15) is 5.66 Å². The lowest BCUT2D eigenvalue weighted by Crippen LogP contribution is -2.54. The number of rotatable bonds is 4. The van der Waals surface area contributed by atoms with Gasteiger partial charge in [0.2, 0.25) is 0 Å². The van der Waals surface area contributed by atoms with Crippen LogP contribution in [0.3, 0.4) is 0 Å². The number of nitrogens with zero attached hydrogens (tertiary/aromatic N) is 2. The molecule has 22 heavy (non-hydrogen) atoms. The average molecular weight is 294 g/mol. The standard InChI is InChI=1S/C19H22N2O/c1-15(22)19(20(2)3,17-10-5-4-6-11-17)21-14-13-16-9-7-8-12-18(16)21/h4-15,22H,1-3H3. The summed E-state index contributed by atoms with van der Waals surface area (Å²) in [6.07, 6.45) is 1.48. The Morgan fingerprint density at radius 2 is 1.59 bits per heavy atom. The molecule has 1 heterocycles. The average Bonchev–Trinajstić information content (AvgIpc) is 2.93. The second-order valence-electron chi connectivity index (χ2n) is 5.91. The van der Waals surface area contributed by atoms with Gasteiger partial charge in [-0.3, -0.25) is 4.90 Å². The van der Waals surface area contributed by atoms with Crippen LogP contribution in [0.25, 0.3) is 10.9 Å². The van der Waals surface area contributed by atoms with Crippen LogP contribution >= 0.6 is 0 Å². The number of hydrogen-bond donors (Lipinski definition) is 1. The van der Waals surface area contributed by atoms with Gasteiger partial charge in [-0.1, -0.05) is 48.5 Å². The van der Waals surface area contributed by atoms with Crippen molar-refractivity contribution < 1.29 is 5.11 Å². The summed E-state index contributed by atoms with van der Waals surface area (Å²) in [5, 5.41) is 11.9. The summed E-state index contributed by atoms with van der Waals surface area (Å²) in [5.74, 6) is 0. The maximum Gasteiger partial charge on any atom is 0.149 e. The lowest BCUT2D eigenvalue weighted by molar-refractivity contribution is -0.0190. The summed E-state index contributed by atoms with van der Waals surface area (Å²) in [6, 6.07) is 20.5. The van der Waals surface area contributed by atoms with Gasteiger partial charge in [0.05, 0.1) is 6.10 Å². The Labute approximate surface area is 131 Å². The van der Waals surface area contributed by atoms with Crippen LogP contribution in [0, 0.1) is 0 Å². The minimum Gasteiger partial charge on any atom is -0.389 e. The van der Waals surface area contributed by atoms with Gasteiger partial charge in [-0.15, -0.1) is 0 Å². The van der Waals surface area contributed by atoms with E-state index in [0.717, 1.165) is 11.1 Å². The zero-order chi connectivity index (χ0) is 15.7. The quantitative estimate of drug-likeness (QED) is 0.800. The number of para-hydroxylation sites is 1. The van der Waals surface area contributed by atoms with E-state index < -0.39 is 11.8 Å². The molecule has 0 amide bonds. The Hall–Kier alpha value is -2.10. The number of aliphatic hydroxyl groups is 1. The molecule has 3 heteroatoms. The zero-order valence-corrected chi connectivity index (χ0v) is 13.3. The molecule has 3 nitrogen and oxygen atoms in total. The van der Waals surface area contributed by atoms with Crippen molar-refractivity contribution in [1.29, 1.82) is 0 Å². The van der Waals surface area contributed by atoms with Gasteiger partial charge in [-0.25, -0.2) is 0 Å². The fraction of sp³-hybridized carbons (Fsp3) is 0.263. The third kappa shape index (κ3) is 2.05. The fourth-order valence-electron chi connectivity index (χ4n) is 3.49. The van der Waals surface area contributed by atoms with Crippen LogP contribution in [0.2, 0.25) is 0 Å². The maximum absolute atomic E-state index is 10.8. The molecule has 2 atom stereocenters. The number of benzene rings is 2. The molecule has 2 unspecified atom stereocenters. The van der Waals surface area contributed by atoms with E-state index in [0.29, 0.717) is 0 Å². The highest BCUT2D eigenvalue weighted by Crippen LogP contribution is 2.35. The lowest BCUT2D eigenvalue weighted by Gasteiger charge is -2.44. The summed E-state index contributed by atoms with van der Waals surface area (Å²) >= 11 is 0. The van der Waals surface area contributed by atoms with Gasteiger partial charge in [0, 0.05) is 11.7 Å². The van der Waals surface area contributed by atoms with E-state index >= 15 is 0 Å². The highest BCUT2D eigenvalue weighted by molar-refractivity contribution is 5.80. The molecule has 0 saturated heterocycles. The van der Waals surface area contributed by atoms with Crippen LogP contribution in [0.1, 0.15) is 12.5 Å². The zero-order valence-electron chi connectivity index (χ0n) is 13.3. The smallest absolute Gasteiger partial charge is 0.149 e. The Kier molecular flexibility index (Phi) is 3.77. The van der Waals surface area contributed by atoms with E-state index in [9.17, 15) is 5.11 Å². The molecule has 1 aromatic heterocycles. The van der Waals surface area contributed by atoms with Crippen LogP contribution in [0.5, 0.6) is 0 Å². The minimum atomic E-state index is -0.648. The molecule has 0 aliphatic heterocycles. The highest BCUT2D eigenvalue weighted by atomic mass is 16.3. The predicted molar refractivity (Wildman–Crippen MR) is 90.8 cm³/mol. The van der Waals surface area contributed by atoms with E-state index in [1.165, 1.54) is 5.39 Å². The van der Waals surface area contributed by atoms with Gasteiger partial charge in [-0.05, 0) is 44.1 Å². The van der Waals surface area contributed by atoms with Gasteiger partial charge >= 0.3 is 0 Å². The van der Waals surface area contributed by atoms with Crippen LogP contribution in [0.4, 0.5) is 0 Å². The molecule has 0 aliphatic rings. The highest BCUT2D eigenvalue weighted by Gasteiger charge is 2.42. The number of aliphatic hydroxyl groups excluding tert-OH is 1. The third-order valence-corrected chi connectivity index (χ3v) is 4.43. The summed E-state index contributed by atoms with van der Waals surface area (Å²) in [5.41, 5.74) is 1.53. The molecule has 3 aromatic rings. The SMILES string of the molecule is CC(O)C(c1ccccc1)(N(C)C)n1ccc2ccccc21. The first-order valence-corrected chi connectivity index (χ1v) is 7.56. The molecule has 0 spiro atoms. The number of fused-ring (bicyclic) bond motifs is 1. The molecule has 3 rings (SSSR count). The van der Waals surface area contributed by atoms with Crippen LogP contribution in [0.15, 0.2) is 66.9 Å². The third-order valence-electron chi connectivity index (χ3n) is 4.43. The second-order valence-corrected chi connectivity index (χ2v) is 5.91. The van der Waals surface area contributed by atoms with Crippen molar-refractivity contribution in [2.24, 2.45) is 0 Å². The van der Waals surface area contributed by atoms with Crippen molar-refractivity contribution in [1.82, 2.24) is 9.47 Å². The van der Waals surface area contributed by atoms with E-state index in [-0.39, 0.29) is 0 Å². The van der Waals surface area contributed by atoms with Gasteiger partial charge in [0.25, 0.3) is 0 Å². The molecule has 0 radical (unpaired) electrons. The maximum atomic E-state index is 10.8. The number of hydrogen-bond acceptors (Lipinski definition) is 2. The first-order chi connectivity index (χ1) is 10.6. The van der Waals surface area contributed by atoms with Crippen molar-refractivity contribution in [2.75, 3.05) is 14.1 Å². The van der Waals surface area contributed by atoms with Gasteiger partial charge in [-0.2, -0.15) is 0 Å². The first kappa shape index (κ1) is 14.8. The Morgan fingerprint density at radius 3 is 2.23 bits per heavy atom. The van der Waals surface area contributed by atoms with Gasteiger partial charge < -0.3 is 9.67 Å². The molecule has 0 saturated carbocycles. The molecule has 0 fully saturated rings. The van der Waals surface area contributed by atoms with Crippen LogP contribution in [-0.2, 0) is 5.66 Å². The molecule has 2 aromatic carbocycles. The lowest BCUT2D eigenvalue weighted by atomic mass is 9.92. The normalized spacial score (nSPS) is 15.9. The molecular weight excluding hydrogens is 272 g/mol. The second kappa shape index (κ2) is 5.59. The first-order valence-electron chi connectivity index (χ1n) is 7.56. The van der Waals surface area contributed by atoms with Gasteiger partial charge in [0.15, 0.2) is 0 Å². The molecule has 114 valence electrons. The monoisotopic (exact) mass is 294 g/mol. The van der Waals surface area contributed by atoms with Crippen molar-refractivity contribution in [2.45, 2.75) is 18.7 Å².